The molecule has 5 heteroatoms. The molecule has 0 amide bonds. The van der Waals surface area contributed by atoms with Gasteiger partial charge in [0.05, 0.1) is 5.56 Å². The van der Waals surface area contributed by atoms with Crippen molar-refractivity contribution >= 4 is 11.8 Å². The van der Waals surface area contributed by atoms with Crippen LogP contribution in [0.15, 0.2) is 24.3 Å². The van der Waals surface area contributed by atoms with Gasteiger partial charge in [0.15, 0.2) is 0 Å². The minimum atomic E-state index is -4.25. The van der Waals surface area contributed by atoms with Crippen molar-refractivity contribution in [2.24, 2.45) is 0 Å². The largest absolute Gasteiger partial charge is 0.416 e. The summed E-state index contributed by atoms with van der Waals surface area (Å²) in [6.07, 6.45) is -2.23. The van der Waals surface area contributed by atoms with Crippen molar-refractivity contribution in [3.8, 4) is 0 Å². The molecular formula is C11H14F3NS. The van der Waals surface area contributed by atoms with Gasteiger partial charge < -0.3 is 5.32 Å². The number of halogens is 3. The zero-order valence-electron chi connectivity index (χ0n) is 8.97. The molecule has 0 heterocycles. The Morgan fingerprint density at radius 2 is 1.81 bits per heavy atom. The average molecular weight is 249 g/mol. The van der Waals surface area contributed by atoms with E-state index >= 15 is 0 Å². The zero-order chi connectivity index (χ0) is 12.0. The summed E-state index contributed by atoms with van der Waals surface area (Å²) < 4.78 is 36.8. The monoisotopic (exact) mass is 249 g/mol. The number of benzene rings is 1. The van der Waals surface area contributed by atoms with Crippen molar-refractivity contribution in [1.29, 1.82) is 0 Å². The van der Waals surface area contributed by atoms with E-state index in [0.29, 0.717) is 6.54 Å². The quantitative estimate of drug-likeness (QED) is 0.804. The van der Waals surface area contributed by atoms with Crippen LogP contribution in [0.25, 0.3) is 0 Å². The van der Waals surface area contributed by atoms with E-state index in [1.807, 2.05) is 6.26 Å². The van der Waals surface area contributed by atoms with Gasteiger partial charge in [-0.3, -0.25) is 0 Å². The van der Waals surface area contributed by atoms with E-state index in [0.717, 1.165) is 30.0 Å². The first kappa shape index (κ1) is 13.4. The first-order chi connectivity index (χ1) is 7.54. The highest BCUT2D eigenvalue weighted by molar-refractivity contribution is 7.98. The molecule has 1 N–H and O–H groups in total. The number of rotatable bonds is 5. The van der Waals surface area contributed by atoms with Gasteiger partial charge in [0.1, 0.15) is 0 Å². The summed E-state index contributed by atoms with van der Waals surface area (Å²) in [4.78, 5) is 0. The van der Waals surface area contributed by atoms with Crippen molar-refractivity contribution < 1.29 is 13.2 Å². The van der Waals surface area contributed by atoms with Gasteiger partial charge in [-0.2, -0.15) is 24.9 Å². The Kier molecular flexibility index (Phi) is 5.15. The molecule has 1 rings (SSSR count). The van der Waals surface area contributed by atoms with E-state index < -0.39 is 11.7 Å². The standard InChI is InChI=1S/C11H14F3NS/c1-16-7-6-15-8-9-2-4-10(5-3-9)11(12,13)14/h2-5,15H,6-8H2,1H3. The molecule has 0 unspecified atom stereocenters. The van der Waals surface area contributed by atoms with E-state index in [-0.39, 0.29) is 0 Å². The molecule has 0 aliphatic carbocycles. The molecule has 16 heavy (non-hydrogen) atoms. The predicted octanol–water partition coefficient (Wildman–Crippen LogP) is 3.16. The molecule has 90 valence electrons. The summed E-state index contributed by atoms with van der Waals surface area (Å²) in [5, 5.41) is 3.16. The van der Waals surface area contributed by atoms with Gasteiger partial charge in [0.2, 0.25) is 0 Å². The molecule has 0 radical (unpaired) electrons. The maximum atomic E-state index is 12.3. The molecule has 0 saturated carbocycles. The molecule has 0 bridgehead atoms. The fraction of sp³-hybridized carbons (Fsp3) is 0.455. The molecule has 1 aromatic carbocycles. The van der Waals surface area contributed by atoms with E-state index in [1.165, 1.54) is 12.1 Å². The Morgan fingerprint density at radius 1 is 1.19 bits per heavy atom. The normalized spacial score (nSPS) is 11.8. The maximum Gasteiger partial charge on any atom is 0.416 e. The van der Waals surface area contributed by atoms with Crippen LogP contribution in [0, 0.1) is 0 Å². The summed E-state index contributed by atoms with van der Waals surface area (Å²) >= 11 is 1.73. The van der Waals surface area contributed by atoms with Crippen LogP contribution in [0.1, 0.15) is 11.1 Å². The number of thioether (sulfide) groups is 1. The molecule has 0 aromatic heterocycles. The van der Waals surface area contributed by atoms with E-state index in [2.05, 4.69) is 5.32 Å². The van der Waals surface area contributed by atoms with Crippen molar-refractivity contribution in [2.75, 3.05) is 18.6 Å². The second kappa shape index (κ2) is 6.15. The lowest BCUT2D eigenvalue weighted by atomic mass is 10.1. The van der Waals surface area contributed by atoms with Gasteiger partial charge in [-0.1, -0.05) is 12.1 Å². The Labute approximate surface area is 97.4 Å². The fourth-order valence-electron chi connectivity index (χ4n) is 1.22. The fourth-order valence-corrected chi connectivity index (χ4v) is 1.57. The molecule has 0 aliphatic heterocycles. The second-order valence-corrected chi connectivity index (χ2v) is 4.35. The summed E-state index contributed by atoms with van der Waals surface area (Å²) in [6, 6.07) is 5.25. The number of hydrogen-bond donors (Lipinski definition) is 1. The van der Waals surface area contributed by atoms with Crippen molar-refractivity contribution in [3.63, 3.8) is 0 Å². The summed E-state index contributed by atoms with van der Waals surface area (Å²) in [7, 11) is 0. The lowest BCUT2D eigenvalue weighted by Gasteiger charge is -2.08. The molecule has 0 aliphatic rings. The van der Waals surface area contributed by atoms with Crippen LogP contribution in [0.2, 0.25) is 0 Å². The highest BCUT2D eigenvalue weighted by Gasteiger charge is 2.29. The van der Waals surface area contributed by atoms with Crippen LogP contribution in [0.3, 0.4) is 0 Å². The van der Waals surface area contributed by atoms with Crippen LogP contribution in [-0.4, -0.2) is 18.6 Å². The van der Waals surface area contributed by atoms with Gasteiger partial charge in [0, 0.05) is 18.8 Å². The Hall–Kier alpha value is -0.680. The molecule has 1 aromatic rings. The summed E-state index contributed by atoms with van der Waals surface area (Å²) in [6.45, 7) is 1.47. The molecule has 0 spiro atoms. The first-order valence-corrected chi connectivity index (χ1v) is 6.29. The van der Waals surface area contributed by atoms with Crippen molar-refractivity contribution in [1.82, 2.24) is 5.32 Å². The van der Waals surface area contributed by atoms with Crippen molar-refractivity contribution in [3.05, 3.63) is 35.4 Å². The number of hydrogen-bond acceptors (Lipinski definition) is 2. The molecular weight excluding hydrogens is 235 g/mol. The Morgan fingerprint density at radius 3 is 2.31 bits per heavy atom. The van der Waals surface area contributed by atoms with Gasteiger partial charge in [0.25, 0.3) is 0 Å². The zero-order valence-corrected chi connectivity index (χ0v) is 9.79. The second-order valence-electron chi connectivity index (χ2n) is 3.36. The van der Waals surface area contributed by atoms with E-state index in [9.17, 15) is 13.2 Å². The SMILES string of the molecule is CSCCNCc1ccc(C(F)(F)F)cc1. The molecule has 0 saturated heterocycles. The highest BCUT2D eigenvalue weighted by Crippen LogP contribution is 2.28. The van der Waals surface area contributed by atoms with Gasteiger partial charge in [-0.05, 0) is 24.0 Å². The van der Waals surface area contributed by atoms with Gasteiger partial charge in [-0.25, -0.2) is 0 Å². The third-order valence-corrected chi connectivity index (χ3v) is 2.71. The third-order valence-electron chi connectivity index (χ3n) is 2.09. The van der Waals surface area contributed by atoms with Gasteiger partial charge in [-0.15, -0.1) is 0 Å². The topological polar surface area (TPSA) is 12.0 Å². The van der Waals surface area contributed by atoms with Gasteiger partial charge >= 0.3 is 6.18 Å². The minimum Gasteiger partial charge on any atom is -0.312 e. The number of alkyl halides is 3. The third kappa shape index (κ3) is 4.45. The first-order valence-electron chi connectivity index (χ1n) is 4.90. The molecule has 1 nitrogen and oxygen atoms in total. The smallest absolute Gasteiger partial charge is 0.312 e. The highest BCUT2D eigenvalue weighted by atomic mass is 32.2. The predicted molar refractivity (Wildman–Crippen MR) is 61.5 cm³/mol. The molecule has 0 fully saturated rings. The van der Waals surface area contributed by atoms with Crippen LogP contribution >= 0.6 is 11.8 Å². The minimum absolute atomic E-state index is 0.597. The van der Waals surface area contributed by atoms with Crippen LogP contribution in [0.5, 0.6) is 0 Å². The Balaban J connectivity index is 2.46. The maximum absolute atomic E-state index is 12.3. The lowest BCUT2D eigenvalue weighted by Crippen LogP contribution is -2.16. The van der Waals surface area contributed by atoms with Crippen LogP contribution in [-0.2, 0) is 12.7 Å². The van der Waals surface area contributed by atoms with E-state index in [1.54, 1.807) is 11.8 Å². The summed E-state index contributed by atoms with van der Waals surface area (Å²) in [5.41, 5.74) is 0.273. The number of nitrogens with one attached hydrogen (secondary N) is 1. The van der Waals surface area contributed by atoms with Crippen LogP contribution in [0.4, 0.5) is 13.2 Å². The average Bonchev–Trinajstić information content (AvgIpc) is 2.24. The van der Waals surface area contributed by atoms with Crippen molar-refractivity contribution in [2.45, 2.75) is 12.7 Å². The van der Waals surface area contributed by atoms with Crippen LogP contribution < -0.4 is 5.32 Å². The van der Waals surface area contributed by atoms with E-state index in [4.69, 9.17) is 0 Å². The summed E-state index contributed by atoms with van der Waals surface area (Å²) in [5.74, 6) is 1.00. The molecule has 0 atom stereocenters. The lowest BCUT2D eigenvalue weighted by molar-refractivity contribution is -0.137. The Bertz CT molecular complexity index is 308.